The summed E-state index contributed by atoms with van der Waals surface area (Å²) in [4.78, 5) is 12.0. The average Bonchev–Trinajstić information content (AvgIpc) is 2.13. The number of thioether (sulfide) groups is 1. The summed E-state index contributed by atoms with van der Waals surface area (Å²) in [5.74, 6) is 0.370. The van der Waals surface area contributed by atoms with Crippen LogP contribution in [0.4, 0.5) is 0 Å². The van der Waals surface area contributed by atoms with Gasteiger partial charge in [0.05, 0.1) is 25.3 Å². The third kappa shape index (κ3) is 1.46. The molecule has 0 bridgehead atoms. The van der Waals surface area contributed by atoms with Crippen LogP contribution in [0.3, 0.4) is 0 Å². The molecule has 1 rings (SSSR count). The van der Waals surface area contributed by atoms with Gasteiger partial charge in [0.15, 0.2) is 0 Å². The summed E-state index contributed by atoms with van der Waals surface area (Å²) < 4.78 is 0. The van der Waals surface area contributed by atoms with Gasteiger partial charge in [-0.2, -0.15) is 11.8 Å². The lowest BCUT2D eigenvalue weighted by molar-refractivity contribution is -0.787. The zero-order valence-corrected chi connectivity index (χ0v) is 6.62. The maximum Gasteiger partial charge on any atom is 0.313 e. The fourth-order valence-corrected chi connectivity index (χ4v) is 1.81. The van der Waals surface area contributed by atoms with E-state index < -0.39 is 0 Å². The SMILES string of the molecule is CSC1CC(=O)[NH+](C)C1. The number of carbonyl (C=O) groups excluding carboxylic acids is 1. The Morgan fingerprint density at radius 3 is 2.67 bits per heavy atom. The van der Waals surface area contributed by atoms with Gasteiger partial charge in [0.25, 0.3) is 0 Å². The van der Waals surface area contributed by atoms with Crippen LogP contribution < -0.4 is 4.90 Å². The van der Waals surface area contributed by atoms with Gasteiger partial charge in [-0.25, -0.2) is 4.79 Å². The number of nitrogens with one attached hydrogen (secondary N) is 1. The molecule has 3 heteroatoms. The Hall–Kier alpha value is -0.0200. The van der Waals surface area contributed by atoms with Crippen LogP contribution in [0.5, 0.6) is 0 Å². The fraction of sp³-hybridized carbons (Fsp3) is 0.833. The highest BCUT2D eigenvalue weighted by Gasteiger charge is 2.30. The molecular formula is C6H12NOS+. The van der Waals surface area contributed by atoms with Gasteiger partial charge in [-0.05, 0) is 6.26 Å². The van der Waals surface area contributed by atoms with Crippen LogP contribution in [0.1, 0.15) is 6.42 Å². The number of rotatable bonds is 1. The second kappa shape index (κ2) is 2.71. The number of carbonyl (C=O) groups is 1. The maximum atomic E-state index is 10.9. The molecule has 1 N–H and O–H groups in total. The Morgan fingerprint density at radius 1 is 1.78 bits per heavy atom. The normalized spacial score (nSPS) is 35.6. The van der Waals surface area contributed by atoms with Crippen molar-refractivity contribution >= 4 is 17.7 Å². The molecule has 0 aromatic heterocycles. The summed E-state index contributed by atoms with van der Waals surface area (Å²) in [6.07, 6.45) is 2.84. The molecule has 0 saturated carbocycles. The van der Waals surface area contributed by atoms with Gasteiger partial charge in [0.1, 0.15) is 0 Å². The lowest BCUT2D eigenvalue weighted by Gasteiger charge is -2.00. The van der Waals surface area contributed by atoms with E-state index in [4.69, 9.17) is 0 Å². The van der Waals surface area contributed by atoms with Gasteiger partial charge >= 0.3 is 5.91 Å². The predicted molar refractivity (Wildman–Crippen MR) is 38.7 cm³/mol. The molecule has 0 aliphatic carbocycles. The summed E-state index contributed by atoms with van der Waals surface area (Å²) in [6.45, 7) is 1.01. The van der Waals surface area contributed by atoms with Crippen molar-refractivity contribution in [3.05, 3.63) is 0 Å². The molecule has 0 aromatic rings. The summed E-state index contributed by atoms with van der Waals surface area (Å²) in [5.41, 5.74) is 0. The van der Waals surface area contributed by atoms with Crippen molar-refractivity contribution in [2.75, 3.05) is 19.8 Å². The van der Waals surface area contributed by atoms with E-state index in [1.165, 1.54) is 0 Å². The van der Waals surface area contributed by atoms with Crippen LogP contribution in [0, 0.1) is 0 Å². The molecule has 1 saturated heterocycles. The second-order valence-corrected chi connectivity index (χ2v) is 3.61. The highest BCUT2D eigenvalue weighted by atomic mass is 32.2. The van der Waals surface area contributed by atoms with E-state index in [1.807, 2.05) is 7.05 Å². The molecular weight excluding hydrogens is 134 g/mol. The second-order valence-electron chi connectivity index (χ2n) is 2.47. The molecule has 1 aliphatic rings. The third-order valence-electron chi connectivity index (χ3n) is 1.76. The molecule has 1 fully saturated rings. The van der Waals surface area contributed by atoms with Crippen LogP contribution in [0.2, 0.25) is 0 Å². The number of quaternary nitrogens is 1. The number of amides is 1. The highest BCUT2D eigenvalue weighted by Crippen LogP contribution is 2.10. The van der Waals surface area contributed by atoms with E-state index in [-0.39, 0.29) is 0 Å². The molecule has 52 valence electrons. The van der Waals surface area contributed by atoms with Gasteiger partial charge in [-0.1, -0.05) is 0 Å². The minimum atomic E-state index is 0.370. The quantitative estimate of drug-likeness (QED) is 0.521. The Labute approximate surface area is 59.6 Å². The topological polar surface area (TPSA) is 21.5 Å². The number of likely N-dealkylation sites (tertiary alicyclic amines) is 1. The molecule has 1 aliphatic heterocycles. The van der Waals surface area contributed by atoms with Crippen molar-refractivity contribution < 1.29 is 9.69 Å². The van der Waals surface area contributed by atoms with Gasteiger partial charge in [0, 0.05) is 0 Å². The fourth-order valence-electron chi connectivity index (χ4n) is 1.08. The van der Waals surface area contributed by atoms with Crippen molar-refractivity contribution in [3.63, 3.8) is 0 Å². The van der Waals surface area contributed by atoms with Crippen molar-refractivity contribution in [1.29, 1.82) is 0 Å². The molecule has 2 atom stereocenters. The Morgan fingerprint density at radius 2 is 2.44 bits per heavy atom. The van der Waals surface area contributed by atoms with E-state index in [1.54, 1.807) is 11.8 Å². The summed E-state index contributed by atoms with van der Waals surface area (Å²) in [7, 11) is 1.94. The van der Waals surface area contributed by atoms with Crippen LogP contribution in [0.15, 0.2) is 0 Å². The first kappa shape index (κ1) is 7.09. The molecule has 2 nitrogen and oxygen atoms in total. The van der Waals surface area contributed by atoms with E-state index in [2.05, 4.69) is 6.26 Å². The van der Waals surface area contributed by atoms with Crippen LogP contribution >= 0.6 is 11.8 Å². The monoisotopic (exact) mass is 146 g/mol. The van der Waals surface area contributed by atoms with E-state index in [0.29, 0.717) is 11.2 Å². The minimum Gasteiger partial charge on any atom is -0.273 e. The number of hydrogen-bond acceptors (Lipinski definition) is 2. The standard InChI is InChI=1S/C6H11NOS/c1-7-4-5(9-2)3-6(7)8/h5H,3-4H2,1-2H3/p+1. The Balaban J connectivity index is 2.44. The Kier molecular flexibility index (Phi) is 2.13. The largest absolute Gasteiger partial charge is 0.313 e. The third-order valence-corrected chi connectivity index (χ3v) is 2.76. The van der Waals surface area contributed by atoms with E-state index >= 15 is 0 Å². The number of hydrogen-bond donors (Lipinski definition) is 1. The lowest BCUT2D eigenvalue weighted by atomic mass is 10.4. The molecule has 1 heterocycles. The predicted octanol–water partition coefficient (Wildman–Crippen LogP) is -0.837. The molecule has 2 unspecified atom stereocenters. The summed E-state index contributed by atoms with van der Waals surface area (Å²) >= 11 is 1.80. The van der Waals surface area contributed by atoms with Gasteiger partial charge in [-0.3, -0.25) is 4.90 Å². The molecule has 9 heavy (non-hydrogen) atoms. The Bertz CT molecular complexity index is 126. The van der Waals surface area contributed by atoms with Crippen molar-refractivity contribution in [2.24, 2.45) is 0 Å². The van der Waals surface area contributed by atoms with Crippen molar-refractivity contribution in [1.82, 2.24) is 0 Å². The lowest BCUT2D eigenvalue weighted by Crippen LogP contribution is -3.09. The minimum absolute atomic E-state index is 0.370. The zero-order valence-electron chi connectivity index (χ0n) is 5.81. The average molecular weight is 146 g/mol. The van der Waals surface area contributed by atoms with Crippen LogP contribution in [-0.4, -0.2) is 31.0 Å². The molecule has 0 aromatic carbocycles. The van der Waals surface area contributed by atoms with Crippen LogP contribution in [0.25, 0.3) is 0 Å². The van der Waals surface area contributed by atoms with Crippen molar-refractivity contribution in [2.45, 2.75) is 11.7 Å². The molecule has 1 amide bonds. The smallest absolute Gasteiger partial charge is 0.273 e. The van der Waals surface area contributed by atoms with E-state index in [0.717, 1.165) is 17.9 Å². The first-order valence-electron chi connectivity index (χ1n) is 3.12. The maximum absolute atomic E-state index is 10.9. The highest BCUT2D eigenvalue weighted by molar-refractivity contribution is 7.99. The molecule has 0 spiro atoms. The zero-order chi connectivity index (χ0) is 6.85. The van der Waals surface area contributed by atoms with E-state index in [9.17, 15) is 4.79 Å². The van der Waals surface area contributed by atoms with Crippen molar-refractivity contribution in [3.8, 4) is 0 Å². The molecule has 0 radical (unpaired) electrons. The first-order valence-corrected chi connectivity index (χ1v) is 4.41. The first-order chi connectivity index (χ1) is 4.24. The van der Waals surface area contributed by atoms with Gasteiger partial charge in [-0.15, -0.1) is 0 Å². The van der Waals surface area contributed by atoms with Gasteiger partial charge < -0.3 is 0 Å². The summed E-state index contributed by atoms with van der Waals surface area (Å²) in [6, 6.07) is 0. The van der Waals surface area contributed by atoms with Crippen LogP contribution in [-0.2, 0) is 4.79 Å². The van der Waals surface area contributed by atoms with Gasteiger partial charge in [0.2, 0.25) is 0 Å². The summed E-state index contributed by atoms with van der Waals surface area (Å²) in [5, 5.41) is 0.581.